The molecule has 28 heavy (non-hydrogen) atoms. The van der Waals surface area contributed by atoms with Crippen molar-refractivity contribution in [2.24, 2.45) is 0 Å². The number of likely N-dealkylation sites (N-methyl/N-ethyl adjacent to an activating group) is 1. The highest BCUT2D eigenvalue weighted by Crippen LogP contribution is 2.32. The van der Waals surface area contributed by atoms with Crippen LogP contribution in [-0.4, -0.2) is 75.3 Å². The Balaban J connectivity index is 2.44. The third kappa shape index (κ3) is 4.91. The molecule has 0 atom stereocenters. The van der Waals surface area contributed by atoms with E-state index in [-0.39, 0.29) is 11.8 Å². The van der Waals surface area contributed by atoms with E-state index in [4.69, 9.17) is 14.2 Å². The van der Waals surface area contributed by atoms with Gasteiger partial charge >= 0.3 is 0 Å². The van der Waals surface area contributed by atoms with Crippen molar-refractivity contribution in [3.05, 3.63) is 35.5 Å². The lowest BCUT2D eigenvalue weighted by molar-refractivity contribution is -0.137. The molecule has 7 heteroatoms. The fraction of sp³-hybridized carbons (Fsp3) is 0.524. The smallest absolute Gasteiger partial charge is 0.277 e. The van der Waals surface area contributed by atoms with Crippen LogP contribution in [0.4, 0.5) is 0 Å². The van der Waals surface area contributed by atoms with E-state index in [1.807, 2.05) is 36.1 Å². The van der Waals surface area contributed by atoms with E-state index in [1.54, 1.807) is 21.1 Å². The molecule has 1 aromatic carbocycles. The summed E-state index contributed by atoms with van der Waals surface area (Å²) in [5, 5.41) is 0. The van der Waals surface area contributed by atoms with Crippen LogP contribution in [-0.2, 0) is 19.1 Å². The first kappa shape index (κ1) is 21.9. The molecule has 2 rings (SSSR count). The SMILES string of the molecule is CCCOc1ccc(C2=C(N(CCOC)CCOC)C(=O)N(CC)C2=O)cc1. The highest BCUT2D eigenvalue weighted by molar-refractivity contribution is 6.35. The summed E-state index contributed by atoms with van der Waals surface area (Å²) in [5.74, 6) is 0.193. The Hall–Kier alpha value is -2.38. The van der Waals surface area contributed by atoms with E-state index < -0.39 is 0 Å². The van der Waals surface area contributed by atoms with Gasteiger partial charge in [-0.15, -0.1) is 0 Å². The number of rotatable bonds is 12. The second kappa shape index (κ2) is 10.8. The van der Waals surface area contributed by atoms with Crippen molar-refractivity contribution >= 4 is 17.4 Å². The van der Waals surface area contributed by atoms with Crippen molar-refractivity contribution in [2.45, 2.75) is 20.3 Å². The number of hydrogen-bond acceptors (Lipinski definition) is 6. The summed E-state index contributed by atoms with van der Waals surface area (Å²) in [7, 11) is 3.22. The van der Waals surface area contributed by atoms with E-state index in [9.17, 15) is 9.59 Å². The summed E-state index contributed by atoms with van der Waals surface area (Å²) in [5.41, 5.74) is 1.53. The summed E-state index contributed by atoms with van der Waals surface area (Å²) in [4.78, 5) is 29.2. The van der Waals surface area contributed by atoms with Crippen molar-refractivity contribution in [2.75, 3.05) is 53.7 Å². The molecule has 0 radical (unpaired) electrons. The predicted molar refractivity (Wildman–Crippen MR) is 107 cm³/mol. The summed E-state index contributed by atoms with van der Waals surface area (Å²) in [6.07, 6.45) is 0.920. The minimum absolute atomic E-state index is 0.274. The molecule has 0 N–H and O–H groups in total. The lowest BCUT2D eigenvalue weighted by Gasteiger charge is -2.25. The molecular weight excluding hydrogens is 360 g/mol. The van der Waals surface area contributed by atoms with Gasteiger partial charge in [0.2, 0.25) is 0 Å². The average molecular weight is 390 g/mol. The van der Waals surface area contributed by atoms with Crippen LogP contribution in [0.2, 0.25) is 0 Å². The van der Waals surface area contributed by atoms with Crippen LogP contribution in [0.15, 0.2) is 30.0 Å². The van der Waals surface area contributed by atoms with Crippen LogP contribution in [0.25, 0.3) is 5.57 Å². The highest BCUT2D eigenvalue weighted by atomic mass is 16.5. The van der Waals surface area contributed by atoms with Crippen LogP contribution in [0.5, 0.6) is 5.75 Å². The van der Waals surface area contributed by atoms with E-state index in [1.165, 1.54) is 4.90 Å². The van der Waals surface area contributed by atoms with Gasteiger partial charge in [0.1, 0.15) is 11.4 Å². The van der Waals surface area contributed by atoms with E-state index >= 15 is 0 Å². The second-order valence-corrected chi connectivity index (χ2v) is 6.42. The third-order valence-electron chi connectivity index (χ3n) is 4.52. The average Bonchev–Trinajstić information content (AvgIpc) is 2.96. The van der Waals surface area contributed by atoms with Gasteiger partial charge in [-0.25, -0.2) is 0 Å². The van der Waals surface area contributed by atoms with Crippen LogP contribution in [0, 0.1) is 0 Å². The van der Waals surface area contributed by atoms with Gasteiger partial charge < -0.3 is 19.1 Å². The van der Waals surface area contributed by atoms with Gasteiger partial charge in [0.05, 0.1) is 25.4 Å². The fourth-order valence-electron chi connectivity index (χ4n) is 3.08. The number of carbonyl (C=O) groups is 2. The zero-order chi connectivity index (χ0) is 20.5. The number of carbonyl (C=O) groups excluding carboxylic acids is 2. The van der Waals surface area contributed by atoms with Gasteiger partial charge in [-0.1, -0.05) is 19.1 Å². The van der Waals surface area contributed by atoms with Crippen molar-refractivity contribution in [1.82, 2.24) is 9.80 Å². The predicted octanol–water partition coefficient (Wildman–Crippen LogP) is 2.17. The first-order valence-electron chi connectivity index (χ1n) is 9.65. The molecule has 1 aliphatic heterocycles. The first-order valence-corrected chi connectivity index (χ1v) is 9.65. The second-order valence-electron chi connectivity index (χ2n) is 6.42. The molecule has 2 amide bonds. The number of amides is 2. The molecule has 0 fully saturated rings. The first-order chi connectivity index (χ1) is 13.6. The molecule has 0 aliphatic carbocycles. The molecule has 7 nitrogen and oxygen atoms in total. The van der Waals surface area contributed by atoms with Crippen molar-refractivity contribution < 1.29 is 23.8 Å². The number of benzene rings is 1. The Bertz CT molecular complexity index is 691. The molecule has 0 aromatic heterocycles. The molecule has 0 saturated heterocycles. The molecule has 1 heterocycles. The molecule has 0 unspecified atom stereocenters. The van der Waals surface area contributed by atoms with Crippen LogP contribution < -0.4 is 4.74 Å². The molecule has 0 bridgehead atoms. The molecule has 1 aromatic rings. The van der Waals surface area contributed by atoms with Gasteiger partial charge in [-0.05, 0) is 31.0 Å². The Morgan fingerprint density at radius 1 is 0.893 bits per heavy atom. The van der Waals surface area contributed by atoms with Gasteiger partial charge in [0, 0.05) is 33.9 Å². The minimum Gasteiger partial charge on any atom is -0.494 e. The fourth-order valence-corrected chi connectivity index (χ4v) is 3.08. The molecule has 0 spiro atoms. The minimum atomic E-state index is -0.277. The number of hydrogen-bond donors (Lipinski definition) is 0. The van der Waals surface area contributed by atoms with Crippen molar-refractivity contribution in [3.8, 4) is 5.75 Å². The van der Waals surface area contributed by atoms with Gasteiger partial charge in [0.25, 0.3) is 11.8 Å². The number of nitrogens with zero attached hydrogens (tertiary/aromatic N) is 2. The third-order valence-corrected chi connectivity index (χ3v) is 4.52. The number of ether oxygens (including phenoxy) is 3. The highest BCUT2D eigenvalue weighted by Gasteiger charge is 2.40. The number of methoxy groups -OCH3 is 2. The van der Waals surface area contributed by atoms with E-state index in [2.05, 4.69) is 0 Å². The molecule has 0 saturated carbocycles. The van der Waals surface area contributed by atoms with Crippen LogP contribution >= 0.6 is 0 Å². The lowest BCUT2D eigenvalue weighted by atomic mass is 10.0. The van der Waals surface area contributed by atoms with Gasteiger partial charge in [0.15, 0.2) is 0 Å². The zero-order valence-corrected chi connectivity index (χ0v) is 17.2. The monoisotopic (exact) mass is 390 g/mol. The maximum absolute atomic E-state index is 13.0. The molecule has 1 aliphatic rings. The van der Waals surface area contributed by atoms with Gasteiger partial charge in [-0.3, -0.25) is 14.5 Å². The Morgan fingerprint density at radius 3 is 2.00 bits per heavy atom. The normalized spacial score (nSPS) is 14.2. The van der Waals surface area contributed by atoms with Crippen molar-refractivity contribution in [1.29, 1.82) is 0 Å². The Morgan fingerprint density at radius 2 is 1.50 bits per heavy atom. The number of imide groups is 1. The maximum atomic E-state index is 13.0. The van der Waals surface area contributed by atoms with Crippen LogP contribution in [0.1, 0.15) is 25.8 Å². The summed E-state index contributed by atoms with van der Waals surface area (Å²) in [6, 6.07) is 7.32. The largest absolute Gasteiger partial charge is 0.494 e. The Labute approximate surface area is 166 Å². The topological polar surface area (TPSA) is 68.3 Å². The Kier molecular flexibility index (Phi) is 8.47. The summed E-state index contributed by atoms with van der Waals surface area (Å²) < 4.78 is 16.0. The maximum Gasteiger partial charge on any atom is 0.277 e. The van der Waals surface area contributed by atoms with E-state index in [0.29, 0.717) is 56.3 Å². The summed E-state index contributed by atoms with van der Waals surface area (Å²) >= 11 is 0. The summed E-state index contributed by atoms with van der Waals surface area (Å²) in [6.45, 7) is 6.67. The quantitative estimate of drug-likeness (QED) is 0.510. The van der Waals surface area contributed by atoms with Gasteiger partial charge in [-0.2, -0.15) is 0 Å². The van der Waals surface area contributed by atoms with Crippen LogP contribution in [0.3, 0.4) is 0 Å². The molecular formula is C21H30N2O5. The standard InChI is InChI=1S/C21H30N2O5/c1-5-13-28-17-9-7-16(8-10-17)18-19(21(25)23(6-2)20(18)24)22(11-14-26-3)12-15-27-4/h7-10H,5-6,11-15H2,1-4H3. The van der Waals surface area contributed by atoms with E-state index in [0.717, 1.165) is 12.2 Å². The lowest BCUT2D eigenvalue weighted by Crippen LogP contribution is -2.37. The zero-order valence-electron chi connectivity index (χ0n) is 17.2. The molecule has 154 valence electrons. The van der Waals surface area contributed by atoms with Crippen molar-refractivity contribution in [3.63, 3.8) is 0 Å².